The normalized spacial score (nSPS) is 16.0. The van der Waals surface area contributed by atoms with Gasteiger partial charge in [0.15, 0.2) is 0 Å². The third-order valence-electron chi connectivity index (χ3n) is 1.31. The van der Waals surface area contributed by atoms with Gasteiger partial charge in [-0.15, -0.1) is 0 Å². The van der Waals surface area contributed by atoms with Crippen molar-refractivity contribution in [1.29, 1.82) is 0 Å². The van der Waals surface area contributed by atoms with Crippen molar-refractivity contribution in [2.24, 2.45) is 0 Å². The second-order valence-corrected chi connectivity index (χ2v) is 2.18. The third kappa shape index (κ3) is 5.90. The van der Waals surface area contributed by atoms with Gasteiger partial charge in [-0.3, -0.25) is 0 Å². The minimum absolute atomic E-state index is 0. The average Bonchev–Trinajstić information content (AvgIpc) is 2.67. The van der Waals surface area contributed by atoms with Crippen LogP contribution in [0.1, 0.15) is 12.8 Å². The first-order valence-corrected chi connectivity index (χ1v) is 3.63. The first kappa shape index (κ1) is 10.5. The number of hydrogen-bond acceptors (Lipinski definition) is 0. The summed E-state index contributed by atoms with van der Waals surface area (Å²) in [5, 5.41) is 0. The van der Waals surface area contributed by atoms with E-state index < -0.39 is 0 Å². The molecule has 0 fully saturated rings. The molecule has 0 bridgehead atoms. The van der Waals surface area contributed by atoms with Crippen LogP contribution in [-0.2, 0) is 17.1 Å². The first-order valence-electron chi connectivity index (χ1n) is 3.63. The van der Waals surface area contributed by atoms with E-state index in [1.165, 1.54) is 0 Å². The summed E-state index contributed by atoms with van der Waals surface area (Å²) >= 11 is 0. The Balaban J connectivity index is 0.000000167. The van der Waals surface area contributed by atoms with E-state index in [9.17, 15) is 0 Å². The molecule has 0 saturated carbocycles. The number of allylic oxidation sites excluding steroid dienone is 8. The van der Waals surface area contributed by atoms with Gasteiger partial charge in [-0.25, -0.2) is 0 Å². The largest absolute Gasteiger partial charge is 0.0808 e. The molecule has 0 unspecified atom stereocenters. The van der Waals surface area contributed by atoms with Crippen LogP contribution in [0.3, 0.4) is 0 Å². The maximum Gasteiger partial charge on any atom is 0 e. The summed E-state index contributed by atoms with van der Waals surface area (Å²) in [6.07, 6.45) is 19.0. The van der Waals surface area contributed by atoms with Gasteiger partial charge >= 0.3 is 0 Å². The topological polar surface area (TPSA) is 0 Å². The molecule has 2 aliphatic rings. The first-order chi connectivity index (χ1) is 5.00. The van der Waals surface area contributed by atoms with Gasteiger partial charge in [-0.2, -0.15) is 0 Å². The van der Waals surface area contributed by atoms with Crippen LogP contribution >= 0.6 is 0 Å². The predicted molar refractivity (Wildman–Crippen MR) is 45.8 cm³/mol. The molecule has 0 aromatic heterocycles. The average molecular weight is 188 g/mol. The molecule has 0 radical (unpaired) electrons. The Labute approximate surface area is 78.9 Å². The van der Waals surface area contributed by atoms with Crippen LogP contribution in [0.2, 0.25) is 0 Å². The minimum atomic E-state index is 0. The smallest absolute Gasteiger partial charge is 0 e. The molecule has 60 valence electrons. The van der Waals surface area contributed by atoms with Gasteiger partial charge in [0.2, 0.25) is 0 Å². The fourth-order valence-electron chi connectivity index (χ4n) is 0.786. The van der Waals surface area contributed by atoms with Crippen LogP contribution < -0.4 is 0 Å². The van der Waals surface area contributed by atoms with Crippen molar-refractivity contribution in [1.82, 2.24) is 0 Å². The number of rotatable bonds is 0. The third-order valence-corrected chi connectivity index (χ3v) is 1.31. The van der Waals surface area contributed by atoms with Crippen LogP contribution in [0.4, 0.5) is 0 Å². The van der Waals surface area contributed by atoms with E-state index in [2.05, 4.69) is 48.6 Å². The van der Waals surface area contributed by atoms with E-state index in [4.69, 9.17) is 0 Å². The van der Waals surface area contributed by atoms with Crippen LogP contribution in [0.15, 0.2) is 48.6 Å². The van der Waals surface area contributed by atoms with Crippen molar-refractivity contribution in [3.63, 3.8) is 0 Å². The van der Waals surface area contributed by atoms with Crippen molar-refractivity contribution in [2.75, 3.05) is 0 Å². The maximum atomic E-state index is 2.12. The Hall–Kier alpha value is -0.521. The summed E-state index contributed by atoms with van der Waals surface area (Å²) in [5.41, 5.74) is 0. The molecule has 0 atom stereocenters. The van der Waals surface area contributed by atoms with Crippen LogP contribution in [0.25, 0.3) is 0 Å². The summed E-state index contributed by atoms with van der Waals surface area (Å²) in [5.74, 6) is 0. The zero-order valence-electron chi connectivity index (χ0n) is 6.39. The molecule has 11 heavy (non-hydrogen) atoms. The van der Waals surface area contributed by atoms with E-state index >= 15 is 0 Å². The van der Waals surface area contributed by atoms with Gasteiger partial charge in [0, 0.05) is 17.1 Å². The van der Waals surface area contributed by atoms with Crippen LogP contribution in [-0.4, -0.2) is 0 Å². The van der Waals surface area contributed by atoms with Gasteiger partial charge in [-0.05, 0) is 12.8 Å². The van der Waals surface area contributed by atoms with Crippen molar-refractivity contribution in [2.45, 2.75) is 12.8 Å². The Bertz CT molecular complexity index is 143. The molecule has 1 heteroatoms. The van der Waals surface area contributed by atoms with Gasteiger partial charge in [0.05, 0.1) is 0 Å². The van der Waals surface area contributed by atoms with Gasteiger partial charge in [0.25, 0.3) is 0 Å². The monoisotopic (exact) mass is 188 g/mol. The standard InChI is InChI=1S/2C5H6.Fe/c2*1-2-4-5-3-1;/h2*1-4H,5H2;. The maximum absolute atomic E-state index is 2.12. The van der Waals surface area contributed by atoms with Gasteiger partial charge < -0.3 is 0 Å². The SMILES string of the molecule is C1=CCC=C1.C1=CCC=C1.[Fe]. The minimum Gasteiger partial charge on any atom is -0.0808 e. The van der Waals surface area contributed by atoms with Crippen molar-refractivity contribution < 1.29 is 17.1 Å². The summed E-state index contributed by atoms with van der Waals surface area (Å²) in [6.45, 7) is 0. The Kier molecular flexibility index (Phi) is 7.23. The second-order valence-electron chi connectivity index (χ2n) is 2.18. The van der Waals surface area contributed by atoms with Gasteiger partial charge in [-0.1, -0.05) is 48.6 Å². The van der Waals surface area contributed by atoms with Crippen molar-refractivity contribution >= 4 is 0 Å². The molecule has 0 aromatic carbocycles. The van der Waals surface area contributed by atoms with Gasteiger partial charge in [0.1, 0.15) is 0 Å². The predicted octanol–water partition coefficient (Wildman–Crippen LogP) is 3.00. The number of hydrogen-bond donors (Lipinski definition) is 0. The van der Waals surface area contributed by atoms with E-state index in [0.29, 0.717) is 0 Å². The molecule has 0 spiro atoms. The van der Waals surface area contributed by atoms with E-state index in [0.717, 1.165) is 12.8 Å². The molecule has 0 aromatic rings. The quantitative estimate of drug-likeness (QED) is 0.512. The van der Waals surface area contributed by atoms with E-state index in [1.54, 1.807) is 0 Å². The molecule has 0 aliphatic heterocycles. The molecule has 0 N–H and O–H groups in total. The second kappa shape index (κ2) is 7.58. The molecule has 2 aliphatic carbocycles. The summed E-state index contributed by atoms with van der Waals surface area (Å²) in [7, 11) is 0. The molecule has 0 saturated heterocycles. The molecule has 0 heterocycles. The summed E-state index contributed by atoms with van der Waals surface area (Å²) in [6, 6.07) is 0. The van der Waals surface area contributed by atoms with Crippen LogP contribution in [0, 0.1) is 0 Å². The van der Waals surface area contributed by atoms with Crippen molar-refractivity contribution in [3.8, 4) is 0 Å². The molecular formula is C10H12Fe. The Morgan fingerprint density at radius 1 is 0.545 bits per heavy atom. The summed E-state index contributed by atoms with van der Waals surface area (Å²) < 4.78 is 0. The zero-order chi connectivity index (χ0) is 7.07. The fraction of sp³-hybridized carbons (Fsp3) is 0.200. The Morgan fingerprint density at radius 2 is 0.818 bits per heavy atom. The zero-order valence-corrected chi connectivity index (χ0v) is 7.49. The van der Waals surface area contributed by atoms with Crippen molar-refractivity contribution in [3.05, 3.63) is 48.6 Å². The van der Waals surface area contributed by atoms with E-state index in [-0.39, 0.29) is 17.1 Å². The molecule has 0 nitrogen and oxygen atoms in total. The van der Waals surface area contributed by atoms with Crippen LogP contribution in [0.5, 0.6) is 0 Å². The molecular weight excluding hydrogens is 176 g/mol. The fourth-order valence-corrected chi connectivity index (χ4v) is 0.786. The molecule has 2 rings (SSSR count). The van der Waals surface area contributed by atoms with E-state index in [1.807, 2.05) is 0 Å². The molecule has 0 amide bonds. The Morgan fingerprint density at radius 3 is 0.909 bits per heavy atom. The summed E-state index contributed by atoms with van der Waals surface area (Å²) in [4.78, 5) is 0.